The number of carbonyl (C=O) groups is 3. The molecule has 0 unspecified atom stereocenters. The summed E-state index contributed by atoms with van der Waals surface area (Å²) in [4.78, 5) is 40.3. The average Bonchev–Trinajstić information content (AvgIpc) is 3.00. The van der Waals surface area contributed by atoms with Gasteiger partial charge in [-0.25, -0.2) is 0 Å². The van der Waals surface area contributed by atoms with E-state index < -0.39 is 5.97 Å². The summed E-state index contributed by atoms with van der Waals surface area (Å²) < 4.78 is 10.2. The Hall–Kier alpha value is -3.35. The lowest BCUT2D eigenvalue weighted by Crippen LogP contribution is -2.38. The fourth-order valence-corrected chi connectivity index (χ4v) is 3.44. The van der Waals surface area contributed by atoms with Crippen LogP contribution in [0.1, 0.15) is 29.3 Å². The molecule has 3 rings (SSSR count). The topological polar surface area (TPSA) is 76.2 Å². The van der Waals surface area contributed by atoms with Crippen LogP contribution in [0.15, 0.2) is 48.5 Å². The van der Waals surface area contributed by atoms with Crippen LogP contribution in [0.5, 0.6) is 11.5 Å². The average molecular weight is 410 g/mol. The van der Waals surface area contributed by atoms with Crippen LogP contribution in [0.2, 0.25) is 0 Å². The van der Waals surface area contributed by atoms with Crippen molar-refractivity contribution < 1.29 is 23.9 Å². The Kier molecular flexibility index (Phi) is 7.06. The van der Waals surface area contributed by atoms with Crippen LogP contribution < -0.4 is 9.47 Å². The van der Waals surface area contributed by atoms with Crippen LogP contribution in [0.4, 0.5) is 0 Å². The number of hydrogen-bond donors (Lipinski definition) is 0. The molecule has 0 N–H and O–H groups in total. The quantitative estimate of drug-likeness (QED) is 0.559. The summed E-state index contributed by atoms with van der Waals surface area (Å²) in [6, 6.07) is 14.1. The molecule has 0 atom stereocenters. The van der Waals surface area contributed by atoms with E-state index in [4.69, 9.17) is 9.47 Å². The van der Waals surface area contributed by atoms with Gasteiger partial charge in [-0.3, -0.25) is 14.4 Å². The number of ether oxygens (including phenoxy) is 2. The van der Waals surface area contributed by atoms with Crippen molar-refractivity contribution >= 4 is 17.8 Å². The van der Waals surface area contributed by atoms with Gasteiger partial charge in [-0.15, -0.1) is 0 Å². The first kappa shape index (κ1) is 21.4. The molecule has 0 saturated carbocycles. The van der Waals surface area contributed by atoms with Gasteiger partial charge in [0.1, 0.15) is 11.5 Å². The van der Waals surface area contributed by atoms with E-state index in [-0.39, 0.29) is 11.8 Å². The molecule has 2 amide bonds. The van der Waals surface area contributed by atoms with Gasteiger partial charge in [-0.05, 0) is 42.3 Å². The van der Waals surface area contributed by atoms with Crippen molar-refractivity contribution in [1.29, 1.82) is 0 Å². The monoisotopic (exact) mass is 410 g/mol. The zero-order valence-corrected chi connectivity index (χ0v) is 17.3. The van der Waals surface area contributed by atoms with E-state index in [2.05, 4.69) is 0 Å². The molecule has 1 fully saturated rings. The maximum atomic E-state index is 12.9. The van der Waals surface area contributed by atoms with E-state index in [9.17, 15) is 14.4 Å². The molecule has 1 aliphatic rings. The van der Waals surface area contributed by atoms with E-state index >= 15 is 0 Å². The molecule has 0 spiro atoms. The number of carbonyl (C=O) groups excluding carboxylic acids is 3. The van der Waals surface area contributed by atoms with Gasteiger partial charge in [-0.2, -0.15) is 0 Å². The van der Waals surface area contributed by atoms with Gasteiger partial charge in [0.05, 0.1) is 13.5 Å². The largest absolute Gasteiger partial charge is 0.497 e. The highest BCUT2D eigenvalue weighted by molar-refractivity contribution is 5.94. The number of esters is 1. The van der Waals surface area contributed by atoms with Crippen LogP contribution in [-0.4, -0.2) is 60.9 Å². The third-order valence-electron chi connectivity index (χ3n) is 4.99. The van der Waals surface area contributed by atoms with Crippen molar-refractivity contribution in [3.63, 3.8) is 0 Å². The summed E-state index contributed by atoms with van der Waals surface area (Å²) in [6.07, 6.45) is 1.03. The van der Waals surface area contributed by atoms with Gasteiger partial charge in [0, 0.05) is 38.7 Å². The summed E-state index contributed by atoms with van der Waals surface area (Å²) >= 11 is 0. The van der Waals surface area contributed by atoms with Gasteiger partial charge in [0.2, 0.25) is 5.91 Å². The molecule has 2 aromatic carbocycles. The summed E-state index contributed by atoms with van der Waals surface area (Å²) in [5.74, 6) is 0.590. The number of benzene rings is 2. The molecular weight excluding hydrogens is 384 g/mol. The standard InChI is InChI=1S/C23H26N2O5/c1-17(26)30-21-6-3-5-19(16-21)23(28)25-12-4-11-24(13-14-25)22(27)15-18-7-9-20(29-2)10-8-18/h3,5-10,16H,4,11-15H2,1-2H3. The second kappa shape index (κ2) is 9.91. The van der Waals surface area contributed by atoms with E-state index in [1.807, 2.05) is 29.2 Å². The maximum absolute atomic E-state index is 12.9. The zero-order chi connectivity index (χ0) is 21.5. The van der Waals surface area contributed by atoms with Gasteiger partial charge < -0.3 is 19.3 Å². The maximum Gasteiger partial charge on any atom is 0.308 e. The second-order valence-electron chi connectivity index (χ2n) is 7.17. The van der Waals surface area contributed by atoms with Crippen LogP contribution >= 0.6 is 0 Å². The molecule has 0 bridgehead atoms. The summed E-state index contributed by atoms with van der Waals surface area (Å²) in [5.41, 5.74) is 1.40. The molecule has 1 saturated heterocycles. The smallest absolute Gasteiger partial charge is 0.308 e. The highest BCUT2D eigenvalue weighted by Crippen LogP contribution is 2.17. The van der Waals surface area contributed by atoms with Gasteiger partial charge in [0.25, 0.3) is 5.91 Å². The third kappa shape index (κ3) is 5.59. The SMILES string of the molecule is COc1ccc(CC(=O)N2CCCN(C(=O)c3cccc(OC(C)=O)c3)CC2)cc1. The lowest BCUT2D eigenvalue weighted by molar-refractivity contribution is -0.132. The van der Waals surface area contributed by atoms with Crippen LogP contribution in [0.25, 0.3) is 0 Å². The minimum atomic E-state index is -0.430. The molecule has 1 heterocycles. The van der Waals surface area contributed by atoms with Crippen molar-refractivity contribution in [2.75, 3.05) is 33.3 Å². The Morgan fingerprint density at radius 3 is 2.30 bits per heavy atom. The molecule has 7 nitrogen and oxygen atoms in total. The molecule has 0 radical (unpaired) electrons. The van der Waals surface area contributed by atoms with Gasteiger partial charge in [-0.1, -0.05) is 18.2 Å². The second-order valence-corrected chi connectivity index (χ2v) is 7.17. The number of methoxy groups -OCH3 is 1. The predicted molar refractivity (Wildman–Crippen MR) is 112 cm³/mol. The Labute approximate surface area is 176 Å². The van der Waals surface area contributed by atoms with Crippen LogP contribution in [0.3, 0.4) is 0 Å². The Morgan fingerprint density at radius 2 is 1.60 bits per heavy atom. The zero-order valence-electron chi connectivity index (χ0n) is 17.3. The minimum absolute atomic E-state index is 0.0475. The van der Waals surface area contributed by atoms with E-state index in [0.717, 1.165) is 11.3 Å². The van der Waals surface area contributed by atoms with Crippen molar-refractivity contribution in [2.45, 2.75) is 19.8 Å². The summed E-state index contributed by atoms with van der Waals surface area (Å²) in [5, 5.41) is 0. The van der Waals surface area contributed by atoms with E-state index in [1.54, 1.807) is 36.3 Å². The van der Waals surface area contributed by atoms with Crippen molar-refractivity contribution in [2.24, 2.45) is 0 Å². The van der Waals surface area contributed by atoms with Crippen molar-refractivity contribution in [1.82, 2.24) is 9.80 Å². The van der Waals surface area contributed by atoms with Gasteiger partial charge in [0.15, 0.2) is 0 Å². The predicted octanol–water partition coefficient (Wildman–Crippen LogP) is 2.54. The lowest BCUT2D eigenvalue weighted by atomic mass is 10.1. The van der Waals surface area contributed by atoms with Crippen molar-refractivity contribution in [3.05, 3.63) is 59.7 Å². The molecule has 1 aliphatic heterocycles. The molecule has 30 heavy (non-hydrogen) atoms. The normalized spacial score (nSPS) is 14.1. The van der Waals surface area contributed by atoms with Crippen molar-refractivity contribution in [3.8, 4) is 11.5 Å². The molecular formula is C23H26N2O5. The highest BCUT2D eigenvalue weighted by Gasteiger charge is 2.23. The summed E-state index contributed by atoms with van der Waals surface area (Å²) in [6.45, 7) is 3.46. The lowest BCUT2D eigenvalue weighted by Gasteiger charge is -2.22. The number of nitrogens with zero attached hydrogens (tertiary/aromatic N) is 2. The first-order valence-corrected chi connectivity index (χ1v) is 9.94. The molecule has 158 valence electrons. The fourth-order valence-electron chi connectivity index (χ4n) is 3.44. The molecule has 7 heteroatoms. The Bertz CT molecular complexity index is 910. The van der Waals surface area contributed by atoms with Gasteiger partial charge >= 0.3 is 5.97 Å². The first-order chi connectivity index (χ1) is 14.5. The fraction of sp³-hybridized carbons (Fsp3) is 0.348. The van der Waals surface area contributed by atoms with E-state index in [0.29, 0.717) is 50.3 Å². The number of hydrogen-bond acceptors (Lipinski definition) is 5. The van der Waals surface area contributed by atoms with Crippen LogP contribution in [0, 0.1) is 0 Å². The van der Waals surface area contributed by atoms with E-state index in [1.165, 1.54) is 6.92 Å². The minimum Gasteiger partial charge on any atom is -0.497 e. The van der Waals surface area contributed by atoms with Crippen LogP contribution in [-0.2, 0) is 16.0 Å². The highest BCUT2D eigenvalue weighted by atomic mass is 16.5. The third-order valence-corrected chi connectivity index (χ3v) is 4.99. The Balaban J connectivity index is 1.59. The number of amides is 2. The molecule has 0 aromatic heterocycles. The molecule has 2 aromatic rings. The molecule has 0 aliphatic carbocycles. The Morgan fingerprint density at radius 1 is 0.900 bits per heavy atom. The summed E-state index contributed by atoms with van der Waals surface area (Å²) in [7, 11) is 1.61. The first-order valence-electron chi connectivity index (χ1n) is 9.94. The number of rotatable bonds is 5.